The van der Waals surface area contributed by atoms with Crippen LogP contribution in [-0.4, -0.2) is 27.8 Å². The van der Waals surface area contributed by atoms with Crippen LogP contribution in [0.2, 0.25) is 0 Å². The third-order valence-electron chi connectivity index (χ3n) is 5.00. The van der Waals surface area contributed by atoms with Crippen LogP contribution in [0.1, 0.15) is 16.8 Å². The first-order valence-corrected chi connectivity index (χ1v) is 9.92. The van der Waals surface area contributed by atoms with Gasteiger partial charge in [0.2, 0.25) is 5.91 Å². The first-order chi connectivity index (χ1) is 15.2. The van der Waals surface area contributed by atoms with Crippen molar-refractivity contribution >= 4 is 16.7 Å². The number of nitrogens with zero attached hydrogens (tertiary/aromatic N) is 3. The second-order valence-electron chi connectivity index (χ2n) is 7.08. The molecule has 2 heterocycles. The Morgan fingerprint density at radius 1 is 1.03 bits per heavy atom. The van der Waals surface area contributed by atoms with E-state index in [1.165, 1.54) is 4.68 Å². The summed E-state index contributed by atoms with van der Waals surface area (Å²) in [5.41, 5.74) is 2.26. The molecule has 0 aliphatic rings. The minimum Gasteiger partial charge on any atom is -0.496 e. The van der Waals surface area contributed by atoms with Crippen LogP contribution in [0.3, 0.4) is 0 Å². The molecule has 0 unspecified atom stereocenters. The molecule has 1 amide bonds. The predicted octanol–water partition coefficient (Wildman–Crippen LogP) is 2.71. The van der Waals surface area contributed by atoms with Crippen molar-refractivity contribution in [1.82, 2.24) is 20.1 Å². The SMILES string of the molecule is COc1ccccc1CNC(=O)Cn1nc(Cc2cccnc2)c2ccccc2c1=O. The van der Waals surface area contributed by atoms with E-state index in [-0.39, 0.29) is 18.0 Å². The van der Waals surface area contributed by atoms with Gasteiger partial charge in [-0.25, -0.2) is 4.68 Å². The zero-order valence-electron chi connectivity index (χ0n) is 17.1. The molecule has 0 fully saturated rings. The molecule has 4 rings (SSSR count). The van der Waals surface area contributed by atoms with Crippen LogP contribution >= 0.6 is 0 Å². The van der Waals surface area contributed by atoms with E-state index < -0.39 is 0 Å². The summed E-state index contributed by atoms with van der Waals surface area (Å²) in [6.45, 7) is 0.132. The minimum absolute atomic E-state index is 0.168. The van der Waals surface area contributed by atoms with E-state index in [4.69, 9.17) is 4.74 Å². The number of rotatable bonds is 7. The van der Waals surface area contributed by atoms with Crippen molar-refractivity contribution in [2.24, 2.45) is 0 Å². The Bertz CT molecular complexity index is 1270. The minimum atomic E-state index is -0.303. The highest BCUT2D eigenvalue weighted by atomic mass is 16.5. The van der Waals surface area contributed by atoms with Crippen LogP contribution in [-0.2, 0) is 24.3 Å². The van der Waals surface area contributed by atoms with E-state index in [2.05, 4.69) is 15.4 Å². The van der Waals surface area contributed by atoms with E-state index in [9.17, 15) is 9.59 Å². The fraction of sp³-hybridized carbons (Fsp3) is 0.167. The fourth-order valence-electron chi connectivity index (χ4n) is 3.47. The van der Waals surface area contributed by atoms with Gasteiger partial charge in [0.1, 0.15) is 12.3 Å². The zero-order valence-corrected chi connectivity index (χ0v) is 17.1. The summed E-state index contributed by atoms with van der Waals surface area (Å²) >= 11 is 0. The standard InChI is InChI=1S/C24H22N4O3/c1-31-22-11-5-2-8-18(22)15-26-23(29)16-28-24(30)20-10-4-3-9-19(20)21(27-28)13-17-7-6-12-25-14-17/h2-12,14H,13,15-16H2,1H3,(H,26,29). The molecule has 0 aliphatic carbocycles. The van der Waals surface area contributed by atoms with Crippen molar-refractivity contribution in [3.05, 3.63) is 100 Å². The number of fused-ring (bicyclic) bond motifs is 1. The van der Waals surface area contributed by atoms with Crippen LogP contribution in [0.4, 0.5) is 0 Å². The maximum Gasteiger partial charge on any atom is 0.275 e. The van der Waals surface area contributed by atoms with E-state index in [1.807, 2.05) is 54.6 Å². The molecule has 0 spiro atoms. The van der Waals surface area contributed by atoms with E-state index in [0.29, 0.717) is 24.1 Å². The lowest BCUT2D eigenvalue weighted by Crippen LogP contribution is -2.34. The topological polar surface area (TPSA) is 86.1 Å². The van der Waals surface area contributed by atoms with Gasteiger partial charge in [0.15, 0.2) is 0 Å². The second-order valence-corrected chi connectivity index (χ2v) is 7.08. The fourth-order valence-corrected chi connectivity index (χ4v) is 3.47. The highest BCUT2D eigenvalue weighted by Gasteiger charge is 2.14. The number of carbonyl (C=O) groups excluding carboxylic acids is 1. The highest BCUT2D eigenvalue weighted by molar-refractivity contribution is 5.84. The molecule has 0 bridgehead atoms. The number of carbonyl (C=O) groups is 1. The quantitative estimate of drug-likeness (QED) is 0.503. The van der Waals surface area contributed by atoms with Crippen LogP contribution in [0.25, 0.3) is 10.8 Å². The number of hydrogen-bond acceptors (Lipinski definition) is 5. The van der Waals surface area contributed by atoms with Gasteiger partial charge in [-0.1, -0.05) is 42.5 Å². The molecule has 156 valence electrons. The summed E-state index contributed by atoms with van der Waals surface area (Å²) < 4.78 is 6.54. The third-order valence-corrected chi connectivity index (χ3v) is 5.00. The Morgan fingerprint density at radius 3 is 2.58 bits per heavy atom. The van der Waals surface area contributed by atoms with Gasteiger partial charge in [-0.15, -0.1) is 0 Å². The molecule has 4 aromatic rings. The normalized spacial score (nSPS) is 10.7. The van der Waals surface area contributed by atoms with Gasteiger partial charge in [0, 0.05) is 36.3 Å². The van der Waals surface area contributed by atoms with Gasteiger partial charge in [0.05, 0.1) is 18.2 Å². The van der Waals surface area contributed by atoms with Gasteiger partial charge in [-0.2, -0.15) is 5.10 Å². The van der Waals surface area contributed by atoms with Gasteiger partial charge < -0.3 is 10.1 Å². The molecule has 0 saturated carbocycles. The van der Waals surface area contributed by atoms with Gasteiger partial charge in [-0.3, -0.25) is 14.6 Å². The third kappa shape index (κ3) is 4.61. The molecule has 0 saturated heterocycles. The average Bonchev–Trinajstić information content (AvgIpc) is 2.81. The Labute approximate surface area is 179 Å². The lowest BCUT2D eigenvalue weighted by molar-refractivity contribution is -0.122. The lowest BCUT2D eigenvalue weighted by atomic mass is 10.1. The maximum absolute atomic E-state index is 12.9. The second kappa shape index (κ2) is 9.21. The van der Waals surface area contributed by atoms with Gasteiger partial charge >= 0.3 is 0 Å². The number of pyridine rings is 1. The van der Waals surface area contributed by atoms with Crippen molar-refractivity contribution in [2.45, 2.75) is 19.5 Å². The highest BCUT2D eigenvalue weighted by Crippen LogP contribution is 2.18. The first-order valence-electron chi connectivity index (χ1n) is 9.92. The molecular weight excluding hydrogens is 392 g/mol. The van der Waals surface area contributed by atoms with Crippen molar-refractivity contribution in [1.29, 1.82) is 0 Å². The van der Waals surface area contributed by atoms with E-state index >= 15 is 0 Å². The van der Waals surface area contributed by atoms with Gasteiger partial charge in [-0.05, 0) is 23.8 Å². The molecular formula is C24H22N4O3. The van der Waals surface area contributed by atoms with Crippen molar-refractivity contribution in [3.8, 4) is 5.75 Å². The number of nitrogens with one attached hydrogen (secondary N) is 1. The van der Waals surface area contributed by atoms with Crippen LogP contribution in [0.5, 0.6) is 5.75 Å². The van der Waals surface area contributed by atoms with Gasteiger partial charge in [0.25, 0.3) is 5.56 Å². The summed E-state index contributed by atoms with van der Waals surface area (Å²) in [4.78, 5) is 29.7. The molecule has 2 aromatic heterocycles. The smallest absolute Gasteiger partial charge is 0.275 e. The largest absolute Gasteiger partial charge is 0.496 e. The number of aromatic nitrogens is 3. The first kappa shape index (κ1) is 20.3. The van der Waals surface area contributed by atoms with Crippen LogP contribution in [0, 0.1) is 0 Å². The monoisotopic (exact) mass is 414 g/mol. The number of amides is 1. The molecule has 0 radical (unpaired) electrons. The number of methoxy groups -OCH3 is 1. The van der Waals surface area contributed by atoms with Crippen molar-refractivity contribution < 1.29 is 9.53 Å². The molecule has 7 heteroatoms. The number of hydrogen-bond donors (Lipinski definition) is 1. The van der Waals surface area contributed by atoms with E-state index in [1.54, 1.807) is 25.6 Å². The molecule has 0 aliphatic heterocycles. The average molecular weight is 414 g/mol. The Balaban J connectivity index is 1.59. The maximum atomic E-state index is 12.9. The Kier molecular flexibility index (Phi) is 6.03. The molecule has 1 N–H and O–H groups in total. The summed E-state index contributed by atoms with van der Waals surface area (Å²) in [7, 11) is 1.59. The summed E-state index contributed by atoms with van der Waals surface area (Å²) in [5.74, 6) is 0.394. The number of benzene rings is 2. The zero-order chi connectivity index (χ0) is 21.6. The summed E-state index contributed by atoms with van der Waals surface area (Å²) in [5, 5.41) is 8.67. The molecule has 31 heavy (non-hydrogen) atoms. The summed E-state index contributed by atoms with van der Waals surface area (Å²) in [6.07, 6.45) is 3.99. The van der Waals surface area contributed by atoms with Crippen molar-refractivity contribution in [3.63, 3.8) is 0 Å². The summed E-state index contributed by atoms with van der Waals surface area (Å²) in [6, 6.07) is 18.6. The molecule has 2 aromatic carbocycles. The Morgan fingerprint density at radius 2 is 1.81 bits per heavy atom. The van der Waals surface area contributed by atoms with Crippen LogP contribution in [0.15, 0.2) is 77.9 Å². The number of ether oxygens (including phenoxy) is 1. The number of para-hydroxylation sites is 1. The Hall–Kier alpha value is -4.00. The van der Waals surface area contributed by atoms with Crippen LogP contribution < -0.4 is 15.6 Å². The lowest BCUT2D eigenvalue weighted by Gasteiger charge is -2.12. The molecule has 7 nitrogen and oxygen atoms in total. The molecule has 0 atom stereocenters. The van der Waals surface area contributed by atoms with E-state index in [0.717, 1.165) is 22.2 Å². The van der Waals surface area contributed by atoms with Crippen molar-refractivity contribution in [2.75, 3.05) is 7.11 Å². The predicted molar refractivity (Wildman–Crippen MR) is 118 cm³/mol.